The summed E-state index contributed by atoms with van der Waals surface area (Å²) in [6.45, 7) is 0. The SMILES string of the molecule is c1cc(-c2ccc(-c3cn4ccccc4n3)cc2)cc(-c2ccc3oc4cc5c(cc4c3c2)oc2ccccc25)c1. The molecule has 0 saturated carbocycles. The van der Waals surface area contributed by atoms with Crippen LogP contribution in [0.1, 0.15) is 0 Å². The van der Waals surface area contributed by atoms with Crippen LogP contribution in [0.5, 0.6) is 0 Å². The van der Waals surface area contributed by atoms with Gasteiger partial charge in [0.25, 0.3) is 0 Å². The van der Waals surface area contributed by atoms with Crippen molar-refractivity contribution < 1.29 is 8.83 Å². The molecule has 0 aliphatic rings. The quantitative estimate of drug-likeness (QED) is 0.230. The summed E-state index contributed by atoms with van der Waals surface area (Å²) in [7, 11) is 0. The van der Waals surface area contributed by atoms with Gasteiger partial charge in [-0.2, -0.15) is 0 Å². The van der Waals surface area contributed by atoms with Gasteiger partial charge in [-0.05, 0) is 70.8 Å². The van der Waals surface area contributed by atoms with Crippen LogP contribution in [0, 0.1) is 0 Å². The van der Waals surface area contributed by atoms with Gasteiger partial charge in [0.1, 0.15) is 28.0 Å². The Hall–Kier alpha value is -5.61. The number of imidazole rings is 1. The fraction of sp³-hybridized carbons (Fsp3) is 0. The Bertz CT molecular complexity index is 2390. The molecule has 9 aromatic rings. The third-order valence-corrected chi connectivity index (χ3v) is 8.04. The van der Waals surface area contributed by atoms with E-state index in [9.17, 15) is 0 Å². The molecule has 0 bridgehead atoms. The minimum atomic E-state index is 0.871. The van der Waals surface area contributed by atoms with Crippen molar-refractivity contribution in [1.82, 2.24) is 9.38 Å². The molecule has 4 heterocycles. The summed E-state index contributed by atoms with van der Waals surface area (Å²) in [5.41, 5.74) is 11.2. The highest BCUT2D eigenvalue weighted by Gasteiger charge is 2.14. The third-order valence-electron chi connectivity index (χ3n) is 8.04. The molecule has 4 nitrogen and oxygen atoms in total. The van der Waals surface area contributed by atoms with Gasteiger partial charge in [-0.15, -0.1) is 0 Å². The van der Waals surface area contributed by atoms with E-state index in [0.29, 0.717) is 0 Å². The van der Waals surface area contributed by atoms with Gasteiger partial charge in [-0.1, -0.05) is 72.8 Å². The standard InChI is InChI=1S/C37H22N2O2/c1-2-9-33-28(8-1)30-20-36-31(21-35(30)40-33)29-19-27(15-16-34(29)41-36)26-7-5-6-25(18-26)23-11-13-24(14-12-23)32-22-39-17-4-3-10-37(39)38-32/h1-22H. The van der Waals surface area contributed by atoms with Crippen LogP contribution in [-0.2, 0) is 0 Å². The van der Waals surface area contributed by atoms with E-state index in [1.54, 1.807) is 0 Å². The monoisotopic (exact) mass is 526 g/mol. The molecule has 0 fully saturated rings. The molecule has 0 radical (unpaired) electrons. The molecule has 0 unspecified atom stereocenters. The topological polar surface area (TPSA) is 43.6 Å². The van der Waals surface area contributed by atoms with Crippen molar-refractivity contribution in [2.24, 2.45) is 0 Å². The molecule has 0 aliphatic heterocycles. The van der Waals surface area contributed by atoms with Gasteiger partial charge in [0.05, 0.1) is 5.69 Å². The van der Waals surface area contributed by atoms with Crippen molar-refractivity contribution in [3.8, 4) is 33.5 Å². The van der Waals surface area contributed by atoms with Crippen LogP contribution >= 0.6 is 0 Å². The Morgan fingerprint density at radius 1 is 0.439 bits per heavy atom. The average molecular weight is 527 g/mol. The molecule has 192 valence electrons. The third kappa shape index (κ3) is 3.51. The van der Waals surface area contributed by atoms with Crippen molar-refractivity contribution >= 4 is 49.5 Å². The second kappa shape index (κ2) is 8.44. The van der Waals surface area contributed by atoms with Crippen LogP contribution in [0.4, 0.5) is 0 Å². The molecular weight excluding hydrogens is 504 g/mol. The van der Waals surface area contributed by atoms with Crippen LogP contribution in [0.3, 0.4) is 0 Å². The van der Waals surface area contributed by atoms with Crippen LogP contribution in [0.25, 0.3) is 83.0 Å². The highest BCUT2D eigenvalue weighted by atomic mass is 16.3. The van der Waals surface area contributed by atoms with Gasteiger partial charge in [0.2, 0.25) is 0 Å². The Morgan fingerprint density at radius 2 is 1.07 bits per heavy atom. The van der Waals surface area contributed by atoms with Crippen molar-refractivity contribution in [3.05, 3.63) is 134 Å². The lowest BCUT2D eigenvalue weighted by Gasteiger charge is -2.07. The number of para-hydroxylation sites is 1. The number of aromatic nitrogens is 2. The van der Waals surface area contributed by atoms with E-state index >= 15 is 0 Å². The zero-order valence-electron chi connectivity index (χ0n) is 21.9. The molecule has 0 amide bonds. The first-order valence-corrected chi connectivity index (χ1v) is 13.7. The molecule has 0 saturated heterocycles. The van der Waals surface area contributed by atoms with E-state index in [1.165, 1.54) is 11.1 Å². The Labute approximate surface area is 234 Å². The second-order valence-electron chi connectivity index (χ2n) is 10.5. The maximum Gasteiger partial charge on any atom is 0.137 e. The number of pyridine rings is 1. The van der Waals surface area contributed by atoms with Crippen LogP contribution in [-0.4, -0.2) is 9.38 Å². The molecule has 41 heavy (non-hydrogen) atoms. The second-order valence-corrected chi connectivity index (χ2v) is 10.5. The van der Waals surface area contributed by atoms with Gasteiger partial charge in [0, 0.05) is 39.5 Å². The smallest absolute Gasteiger partial charge is 0.137 e. The highest BCUT2D eigenvalue weighted by molar-refractivity contribution is 6.15. The number of fused-ring (bicyclic) bond motifs is 7. The van der Waals surface area contributed by atoms with E-state index in [2.05, 4.69) is 91.1 Å². The minimum Gasteiger partial charge on any atom is -0.456 e. The summed E-state index contributed by atoms with van der Waals surface area (Å²) >= 11 is 0. The van der Waals surface area contributed by atoms with Crippen molar-refractivity contribution in [1.29, 1.82) is 0 Å². The van der Waals surface area contributed by atoms with E-state index in [4.69, 9.17) is 13.8 Å². The normalized spacial score (nSPS) is 11.9. The molecule has 5 aromatic carbocycles. The highest BCUT2D eigenvalue weighted by Crippen LogP contribution is 2.38. The fourth-order valence-corrected chi connectivity index (χ4v) is 5.96. The molecule has 4 heteroatoms. The van der Waals surface area contributed by atoms with Crippen molar-refractivity contribution in [2.45, 2.75) is 0 Å². The first-order chi connectivity index (χ1) is 20.3. The summed E-state index contributed by atoms with van der Waals surface area (Å²) in [6, 6.07) is 42.2. The van der Waals surface area contributed by atoms with Gasteiger partial charge in [0.15, 0.2) is 0 Å². The van der Waals surface area contributed by atoms with Crippen LogP contribution < -0.4 is 0 Å². The Morgan fingerprint density at radius 3 is 1.90 bits per heavy atom. The number of hydrogen-bond donors (Lipinski definition) is 0. The minimum absolute atomic E-state index is 0.871. The molecule has 9 rings (SSSR count). The first kappa shape index (κ1) is 22.2. The molecule has 0 spiro atoms. The first-order valence-electron chi connectivity index (χ1n) is 13.7. The molecular formula is C37H22N2O2. The molecule has 0 atom stereocenters. The predicted molar refractivity (Wildman–Crippen MR) is 166 cm³/mol. The zero-order chi connectivity index (χ0) is 26.9. The summed E-state index contributed by atoms with van der Waals surface area (Å²) in [5, 5.41) is 4.33. The fourth-order valence-electron chi connectivity index (χ4n) is 5.96. The number of hydrogen-bond acceptors (Lipinski definition) is 3. The summed E-state index contributed by atoms with van der Waals surface area (Å²) in [4.78, 5) is 4.76. The summed E-state index contributed by atoms with van der Waals surface area (Å²) in [6.07, 6.45) is 4.09. The van der Waals surface area contributed by atoms with E-state index in [-0.39, 0.29) is 0 Å². The average Bonchev–Trinajstić information content (AvgIpc) is 3.72. The maximum atomic E-state index is 6.28. The molecule has 0 aliphatic carbocycles. The number of furan rings is 2. The van der Waals surface area contributed by atoms with Crippen molar-refractivity contribution in [3.63, 3.8) is 0 Å². The lowest BCUT2D eigenvalue weighted by molar-refractivity contribution is 0.664. The number of benzene rings is 5. The summed E-state index contributed by atoms with van der Waals surface area (Å²) in [5.74, 6) is 0. The van der Waals surface area contributed by atoms with Crippen LogP contribution in [0.2, 0.25) is 0 Å². The number of nitrogens with zero attached hydrogens (tertiary/aromatic N) is 2. The molecule has 0 N–H and O–H groups in total. The Kier molecular flexibility index (Phi) is 4.58. The van der Waals surface area contributed by atoms with Gasteiger partial charge < -0.3 is 13.2 Å². The van der Waals surface area contributed by atoms with E-state index < -0.39 is 0 Å². The Balaban J connectivity index is 1.09. The van der Waals surface area contributed by atoms with Gasteiger partial charge in [-0.3, -0.25) is 0 Å². The zero-order valence-corrected chi connectivity index (χ0v) is 21.9. The predicted octanol–water partition coefficient (Wildman–Crippen LogP) is 10.1. The maximum absolute atomic E-state index is 6.28. The lowest BCUT2D eigenvalue weighted by Crippen LogP contribution is -1.83. The largest absolute Gasteiger partial charge is 0.456 e. The van der Waals surface area contributed by atoms with Gasteiger partial charge in [-0.25, -0.2) is 4.98 Å². The molecule has 4 aromatic heterocycles. The van der Waals surface area contributed by atoms with E-state index in [0.717, 1.165) is 71.9 Å². The lowest BCUT2D eigenvalue weighted by atomic mass is 9.97. The number of rotatable bonds is 3. The van der Waals surface area contributed by atoms with Gasteiger partial charge >= 0.3 is 0 Å². The van der Waals surface area contributed by atoms with E-state index in [1.807, 2.05) is 47.0 Å². The van der Waals surface area contributed by atoms with Crippen LogP contribution in [0.15, 0.2) is 143 Å². The summed E-state index contributed by atoms with van der Waals surface area (Å²) < 4.78 is 14.5. The van der Waals surface area contributed by atoms with Crippen molar-refractivity contribution in [2.75, 3.05) is 0 Å².